The van der Waals surface area contributed by atoms with Crippen LogP contribution in [0.2, 0.25) is 5.02 Å². The quantitative estimate of drug-likeness (QED) is 0.704. The summed E-state index contributed by atoms with van der Waals surface area (Å²) >= 11 is 9.46. The first-order valence-electron chi connectivity index (χ1n) is 4.94. The van der Waals surface area contributed by atoms with Crippen molar-refractivity contribution in [2.75, 3.05) is 5.33 Å². The molecule has 0 nitrogen and oxygen atoms in total. The molecule has 0 saturated heterocycles. The number of aryl methyl sites for hydroxylation is 2. The second-order valence-corrected chi connectivity index (χ2v) is 4.94. The maximum absolute atomic E-state index is 5.96. The number of alkyl halides is 1. The summed E-state index contributed by atoms with van der Waals surface area (Å²) in [5.74, 6) is 0.742. The summed E-state index contributed by atoms with van der Waals surface area (Å²) in [6, 6.07) is 6.30. The fraction of sp³-hybridized carbons (Fsp3) is 0.500. The van der Waals surface area contributed by atoms with Gasteiger partial charge in [-0.05, 0) is 42.9 Å². The van der Waals surface area contributed by atoms with Crippen molar-refractivity contribution in [3.8, 4) is 0 Å². The molecule has 0 heterocycles. The van der Waals surface area contributed by atoms with E-state index >= 15 is 0 Å². The van der Waals surface area contributed by atoms with Gasteiger partial charge in [-0.15, -0.1) is 0 Å². The van der Waals surface area contributed by atoms with Crippen molar-refractivity contribution in [1.82, 2.24) is 0 Å². The number of hydrogen-bond donors (Lipinski definition) is 0. The maximum atomic E-state index is 5.96. The summed E-state index contributed by atoms with van der Waals surface area (Å²) in [6.07, 6.45) is 2.37. The van der Waals surface area contributed by atoms with Gasteiger partial charge in [0.15, 0.2) is 0 Å². The molecule has 0 aliphatic carbocycles. The van der Waals surface area contributed by atoms with Crippen LogP contribution >= 0.6 is 27.5 Å². The Morgan fingerprint density at radius 3 is 2.71 bits per heavy atom. The van der Waals surface area contributed by atoms with Crippen molar-refractivity contribution in [3.63, 3.8) is 0 Å². The van der Waals surface area contributed by atoms with Gasteiger partial charge in [0.1, 0.15) is 0 Å². The van der Waals surface area contributed by atoms with Crippen LogP contribution in [0.25, 0.3) is 0 Å². The summed E-state index contributed by atoms with van der Waals surface area (Å²) in [6.45, 7) is 4.32. The van der Waals surface area contributed by atoms with Crippen LogP contribution in [0, 0.1) is 12.8 Å². The van der Waals surface area contributed by atoms with Crippen LogP contribution < -0.4 is 0 Å². The molecule has 0 fully saturated rings. The fourth-order valence-corrected chi connectivity index (χ4v) is 1.79. The van der Waals surface area contributed by atoms with Gasteiger partial charge in [-0.25, -0.2) is 0 Å². The molecule has 0 N–H and O–H groups in total. The second-order valence-electron chi connectivity index (χ2n) is 3.88. The minimum Gasteiger partial charge on any atom is -0.0925 e. The van der Waals surface area contributed by atoms with E-state index < -0.39 is 0 Å². The molecule has 0 aromatic heterocycles. The lowest BCUT2D eigenvalue weighted by Gasteiger charge is -2.08. The lowest BCUT2D eigenvalue weighted by molar-refractivity contribution is 0.599. The molecular formula is C12H16BrCl. The van der Waals surface area contributed by atoms with Crippen molar-refractivity contribution in [2.24, 2.45) is 5.92 Å². The summed E-state index contributed by atoms with van der Waals surface area (Å²) in [5.41, 5.74) is 2.57. The Bertz CT molecular complexity index is 296. The zero-order valence-corrected chi connectivity index (χ0v) is 11.0. The minimum absolute atomic E-state index is 0.742. The average molecular weight is 276 g/mol. The van der Waals surface area contributed by atoms with E-state index in [4.69, 9.17) is 11.6 Å². The predicted octanol–water partition coefficient (Wildman–Crippen LogP) is 4.61. The van der Waals surface area contributed by atoms with Gasteiger partial charge >= 0.3 is 0 Å². The minimum atomic E-state index is 0.742. The average Bonchev–Trinajstić information content (AvgIpc) is 2.19. The standard InChI is InChI=1S/C12H16BrCl/c1-9(8-13)3-4-11-5-6-12(14)10(2)7-11/h5-7,9H,3-4,8H2,1-2H3. The van der Waals surface area contributed by atoms with E-state index in [9.17, 15) is 0 Å². The van der Waals surface area contributed by atoms with Gasteiger partial charge in [-0.1, -0.05) is 46.6 Å². The SMILES string of the molecule is Cc1cc(CCC(C)CBr)ccc1Cl. The largest absolute Gasteiger partial charge is 0.0925 e. The van der Waals surface area contributed by atoms with Gasteiger partial charge < -0.3 is 0 Å². The zero-order valence-electron chi connectivity index (χ0n) is 8.69. The topological polar surface area (TPSA) is 0 Å². The Labute approximate surface area is 99.8 Å². The molecular weight excluding hydrogens is 259 g/mol. The van der Waals surface area contributed by atoms with Gasteiger partial charge in [0.05, 0.1) is 0 Å². The van der Waals surface area contributed by atoms with Crippen molar-refractivity contribution >= 4 is 27.5 Å². The van der Waals surface area contributed by atoms with E-state index in [1.807, 2.05) is 6.07 Å². The Balaban J connectivity index is 2.55. The molecule has 14 heavy (non-hydrogen) atoms. The zero-order chi connectivity index (χ0) is 10.6. The normalized spacial score (nSPS) is 12.9. The molecule has 0 saturated carbocycles. The van der Waals surface area contributed by atoms with Crippen LogP contribution in [0.1, 0.15) is 24.5 Å². The van der Waals surface area contributed by atoms with Gasteiger partial charge in [-0.3, -0.25) is 0 Å². The highest BCUT2D eigenvalue weighted by Gasteiger charge is 2.02. The molecule has 0 radical (unpaired) electrons. The smallest absolute Gasteiger partial charge is 0.0435 e. The lowest BCUT2D eigenvalue weighted by atomic mass is 10.0. The molecule has 0 amide bonds. The highest BCUT2D eigenvalue weighted by Crippen LogP contribution is 2.18. The third kappa shape index (κ3) is 3.62. The number of hydrogen-bond acceptors (Lipinski definition) is 0. The Morgan fingerprint density at radius 1 is 1.43 bits per heavy atom. The van der Waals surface area contributed by atoms with Crippen LogP contribution in [-0.2, 0) is 6.42 Å². The molecule has 1 rings (SSSR count). The van der Waals surface area contributed by atoms with Crippen LogP contribution in [0.3, 0.4) is 0 Å². The summed E-state index contributed by atoms with van der Waals surface area (Å²) < 4.78 is 0. The molecule has 1 atom stereocenters. The van der Waals surface area contributed by atoms with Crippen molar-refractivity contribution in [3.05, 3.63) is 34.3 Å². The van der Waals surface area contributed by atoms with Gasteiger partial charge in [0.25, 0.3) is 0 Å². The molecule has 0 aliphatic rings. The highest BCUT2D eigenvalue weighted by atomic mass is 79.9. The molecule has 2 heteroatoms. The molecule has 0 bridgehead atoms. The van der Waals surface area contributed by atoms with E-state index in [-0.39, 0.29) is 0 Å². The fourth-order valence-electron chi connectivity index (χ4n) is 1.35. The van der Waals surface area contributed by atoms with Crippen molar-refractivity contribution in [2.45, 2.75) is 26.7 Å². The van der Waals surface area contributed by atoms with E-state index in [0.29, 0.717) is 0 Å². The summed E-state index contributed by atoms with van der Waals surface area (Å²) in [7, 11) is 0. The monoisotopic (exact) mass is 274 g/mol. The Hall–Kier alpha value is -0.0100. The first kappa shape index (κ1) is 12.1. The lowest BCUT2D eigenvalue weighted by Crippen LogP contribution is -1.98. The van der Waals surface area contributed by atoms with Crippen LogP contribution in [0.5, 0.6) is 0 Å². The van der Waals surface area contributed by atoms with Crippen LogP contribution in [-0.4, -0.2) is 5.33 Å². The molecule has 1 aromatic rings. The van der Waals surface area contributed by atoms with Gasteiger partial charge in [0, 0.05) is 10.4 Å². The number of benzene rings is 1. The molecule has 0 aliphatic heterocycles. The third-order valence-electron chi connectivity index (χ3n) is 2.41. The van der Waals surface area contributed by atoms with E-state index in [0.717, 1.165) is 22.7 Å². The number of rotatable bonds is 4. The summed E-state index contributed by atoms with van der Waals surface area (Å²) in [4.78, 5) is 0. The number of halogens is 2. The first-order valence-corrected chi connectivity index (χ1v) is 6.44. The third-order valence-corrected chi connectivity index (χ3v) is 3.94. The van der Waals surface area contributed by atoms with Gasteiger partial charge in [-0.2, -0.15) is 0 Å². The Kier molecular flexibility index (Phi) is 4.97. The molecule has 1 aromatic carbocycles. The maximum Gasteiger partial charge on any atom is 0.0435 e. The molecule has 0 spiro atoms. The van der Waals surface area contributed by atoms with Gasteiger partial charge in [0.2, 0.25) is 0 Å². The van der Waals surface area contributed by atoms with E-state index in [1.165, 1.54) is 17.5 Å². The van der Waals surface area contributed by atoms with E-state index in [1.54, 1.807) is 0 Å². The van der Waals surface area contributed by atoms with Crippen molar-refractivity contribution in [1.29, 1.82) is 0 Å². The molecule has 78 valence electrons. The summed E-state index contributed by atoms with van der Waals surface area (Å²) in [5, 5.41) is 1.95. The Morgan fingerprint density at radius 2 is 2.14 bits per heavy atom. The van der Waals surface area contributed by atoms with Crippen molar-refractivity contribution < 1.29 is 0 Å². The molecule has 1 unspecified atom stereocenters. The second kappa shape index (κ2) is 5.77. The van der Waals surface area contributed by atoms with E-state index in [2.05, 4.69) is 41.9 Å². The van der Waals surface area contributed by atoms with Crippen LogP contribution in [0.4, 0.5) is 0 Å². The predicted molar refractivity (Wildman–Crippen MR) is 67.5 cm³/mol. The first-order chi connectivity index (χ1) is 6.63. The highest BCUT2D eigenvalue weighted by molar-refractivity contribution is 9.09. The van der Waals surface area contributed by atoms with Crippen LogP contribution in [0.15, 0.2) is 18.2 Å².